The molecule has 0 saturated heterocycles. The first-order valence-electron chi connectivity index (χ1n) is 8.29. The summed E-state index contributed by atoms with van der Waals surface area (Å²) in [7, 11) is -3.76. The number of hydrogen-bond donors (Lipinski definition) is 2. The second kappa shape index (κ2) is 9.50. The molecule has 1 heterocycles. The Kier molecular flexibility index (Phi) is 7.36. The van der Waals surface area contributed by atoms with Gasteiger partial charge in [-0.3, -0.25) is 4.79 Å². The highest BCUT2D eigenvalue weighted by Gasteiger charge is 2.10. The highest BCUT2D eigenvalue weighted by molar-refractivity contribution is 7.99. The van der Waals surface area contributed by atoms with Gasteiger partial charge in [-0.15, -0.1) is 11.8 Å². The standard InChI is InChI=1S/C18H20N4O3S2/c1-2-3-14-5-4-13(12-19)18(22-14)26-11-10-17(23)21-15-6-8-16(9-7-15)27(20,24)25/h4-9H,2-3,10-11H2,1H3,(H,21,23)(H2,20,24,25). The molecule has 1 amide bonds. The van der Waals surface area contributed by atoms with Crippen molar-refractivity contribution in [3.8, 4) is 6.07 Å². The number of aryl methyl sites for hydroxylation is 1. The first kappa shape index (κ1) is 20.9. The molecule has 0 radical (unpaired) electrons. The van der Waals surface area contributed by atoms with Crippen molar-refractivity contribution in [2.75, 3.05) is 11.1 Å². The highest BCUT2D eigenvalue weighted by atomic mass is 32.2. The van der Waals surface area contributed by atoms with Gasteiger partial charge in [-0.05, 0) is 42.8 Å². The summed E-state index contributed by atoms with van der Waals surface area (Å²) in [4.78, 5) is 16.5. The molecule has 2 rings (SSSR count). The maximum atomic E-state index is 12.1. The van der Waals surface area contributed by atoms with Crippen molar-refractivity contribution in [1.29, 1.82) is 5.26 Å². The molecular weight excluding hydrogens is 384 g/mol. The van der Waals surface area contributed by atoms with Crippen LogP contribution in [0.3, 0.4) is 0 Å². The van der Waals surface area contributed by atoms with Gasteiger partial charge in [-0.2, -0.15) is 5.26 Å². The second-order valence-electron chi connectivity index (χ2n) is 5.73. The number of rotatable bonds is 8. The molecule has 9 heteroatoms. The van der Waals surface area contributed by atoms with E-state index in [9.17, 15) is 18.5 Å². The minimum Gasteiger partial charge on any atom is -0.326 e. The summed E-state index contributed by atoms with van der Waals surface area (Å²) < 4.78 is 22.4. The number of carbonyl (C=O) groups excluding carboxylic acids is 1. The number of sulfonamides is 1. The summed E-state index contributed by atoms with van der Waals surface area (Å²) in [5.74, 6) is 0.257. The van der Waals surface area contributed by atoms with Crippen LogP contribution < -0.4 is 10.5 Å². The maximum absolute atomic E-state index is 12.1. The van der Waals surface area contributed by atoms with Crippen molar-refractivity contribution in [2.45, 2.75) is 36.1 Å². The van der Waals surface area contributed by atoms with Crippen LogP contribution in [0.4, 0.5) is 5.69 Å². The molecule has 0 aliphatic rings. The number of aromatic nitrogens is 1. The third-order valence-electron chi connectivity index (χ3n) is 3.58. The molecule has 7 nitrogen and oxygen atoms in total. The number of pyridine rings is 1. The van der Waals surface area contributed by atoms with Crippen LogP contribution in [0.5, 0.6) is 0 Å². The lowest BCUT2D eigenvalue weighted by atomic mass is 10.2. The largest absolute Gasteiger partial charge is 0.326 e. The third kappa shape index (κ3) is 6.36. The van der Waals surface area contributed by atoms with Crippen LogP contribution in [0.1, 0.15) is 31.0 Å². The van der Waals surface area contributed by atoms with E-state index in [2.05, 4.69) is 23.3 Å². The average molecular weight is 405 g/mol. The van der Waals surface area contributed by atoms with Crippen LogP contribution in [0.15, 0.2) is 46.3 Å². The molecule has 2 aromatic rings. The molecule has 0 unspecified atom stereocenters. The van der Waals surface area contributed by atoms with E-state index in [1.807, 2.05) is 6.07 Å². The summed E-state index contributed by atoms with van der Waals surface area (Å²) in [6.07, 6.45) is 2.04. The van der Waals surface area contributed by atoms with Crippen molar-refractivity contribution >= 4 is 33.4 Å². The summed E-state index contributed by atoms with van der Waals surface area (Å²) in [6, 6.07) is 11.4. The Morgan fingerprint density at radius 1 is 1.26 bits per heavy atom. The number of benzene rings is 1. The van der Waals surface area contributed by atoms with Crippen LogP contribution in [-0.2, 0) is 21.2 Å². The molecule has 3 N–H and O–H groups in total. The first-order chi connectivity index (χ1) is 12.8. The molecule has 0 saturated carbocycles. The van der Waals surface area contributed by atoms with Crippen LogP contribution >= 0.6 is 11.8 Å². The van der Waals surface area contributed by atoms with E-state index in [1.54, 1.807) is 6.07 Å². The molecule has 0 aliphatic heterocycles. The van der Waals surface area contributed by atoms with E-state index >= 15 is 0 Å². The summed E-state index contributed by atoms with van der Waals surface area (Å²) in [5.41, 5.74) is 1.91. The minimum absolute atomic E-state index is 0.0156. The smallest absolute Gasteiger partial charge is 0.238 e. The van der Waals surface area contributed by atoms with Crippen LogP contribution in [0, 0.1) is 11.3 Å². The van der Waals surface area contributed by atoms with Gasteiger partial charge >= 0.3 is 0 Å². The number of nitrogens with two attached hydrogens (primary N) is 1. The summed E-state index contributed by atoms with van der Waals surface area (Å²) in [6.45, 7) is 2.06. The monoisotopic (exact) mass is 404 g/mol. The van der Waals surface area contributed by atoms with Crippen molar-refractivity contribution in [1.82, 2.24) is 4.98 Å². The Balaban J connectivity index is 1.91. The van der Waals surface area contributed by atoms with Gasteiger partial charge in [-0.1, -0.05) is 13.3 Å². The van der Waals surface area contributed by atoms with Gasteiger partial charge in [0.15, 0.2) is 0 Å². The van der Waals surface area contributed by atoms with Crippen molar-refractivity contribution in [2.24, 2.45) is 5.14 Å². The summed E-state index contributed by atoms with van der Waals surface area (Å²) >= 11 is 1.37. The molecule has 142 valence electrons. The van der Waals surface area contributed by atoms with Crippen molar-refractivity contribution < 1.29 is 13.2 Å². The molecule has 0 spiro atoms. The average Bonchev–Trinajstić information content (AvgIpc) is 2.62. The van der Waals surface area contributed by atoms with Gasteiger partial charge in [-0.25, -0.2) is 18.5 Å². The zero-order valence-corrected chi connectivity index (χ0v) is 16.4. The molecule has 0 fully saturated rings. The number of nitrogens with zero attached hydrogens (tertiary/aromatic N) is 2. The lowest BCUT2D eigenvalue weighted by Crippen LogP contribution is -2.14. The maximum Gasteiger partial charge on any atom is 0.238 e. The van der Waals surface area contributed by atoms with Crippen molar-refractivity contribution in [3.05, 3.63) is 47.7 Å². The fourth-order valence-electron chi connectivity index (χ4n) is 2.26. The van der Waals surface area contributed by atoms with E-state index in [0.29, 0.717) is 22.0 Å². The quantitative estimate of drug-likeness (QED) is 0.651. The Hall–Kier alpha value is -2.41. The topological polar surface area (TPSA) is 126 Å². The molecule has 0 bridgehead atoms. The zero-order chi connectivity index (χ0) is 19.9. The van der Waals surface area contributed by atoms with Crippen molar-refractivity contribution in [3.63, 3.8) is 0 Å². The van der Waals surface area contributed by atoms with Gasteiger partial charge in [0.2, 0.25) is 15.9 Å². The second-order valence-corrected chi connectivity index (χ2v) is 8.38. The van der Waals surface area contributed by atoms with Crippen LogP contribution in [0.2, 0.25) is 0 Å². The van der Waals surface area contributed by atoms with Crippen LogP contribution in [-0.4, -0.2) is 25.1 Å². The summed E-state index contributed by atoms with van der Waals surface area (Å²) in [5, 5.41) is 17.6. The normalized spacial score (nSPS) is 11.0. The van der Waals surface area contributed by atoms with E-state index in [1.165, 1.54) is 36.0 Å². The fraction of sp³-hybridized carbons (Fsp3) is 0.278. The highest BCUT2D eigenvalue weighted by Crippen LogP contribution is 2.22. The van der Waals surface area contributed by atoms with E-state index in [0.717, 1.165) is 18.5 Å². The lowest BCUT2D eigenvalue weighted by Gasteiger charge is -2.07. The molecule has 27 heavy (non-hydrogen) atoms. The number of anilines is 1. The molecule has 0 aliphatic carbocycles. The molecule has 1 aromatic carbocycles. The molecule has 1 aromatic heterocycles. The predicted octanol–water partition coefficient (Wildman–Crippen LogP) is 2.67. The first-order valence-corrected chi connectivity index (χ1v) is 10.8. The fourth-order valence-corrected chi connectivity index (χ4v) is 3.71. The Morgan fingerprint density at radius 3 is 2.56 bits per heavy atom. The Labute approximate surface area is 163 Å². The van der Waals surface area contributed by atoms with Gasteiger partial charge in [0, 0.05) is 23.6 Å². The number of amides is 1. The third-order valence-corrected chi connectivity index (χ3v) is 5.50. The number of carbonyl (C=O) groups is 1. The predicted molar refractivity (Wildman–Crippen MR) is 105 cm³/mol. The van der Waals surface area contributed by atoms with Gasteiger partial charge in [0.25, 0.3) is 0 Å². The van der Waals surface area contributed by atoms with E-state index in [-0.39, 0.29) is 17.2 Å². The number of thioether (sulfide) groups is 1. The number of nitrogens with one attached hydrogen (secondary N) is 1. The van der Waals surface area contributed by atoms with Gasteiger partial charge < -0.3 is 5.32 Å². The lowest BCUT2D eigenvalue weighted by molar-refractivity contribution is -0.115. The number of hydrogen-bond acceptors (Lipinski definition) is 6. The SMILES string of the molecule is CCCc1ccc(C#N)c(SCCC(=O)Nc2ccc(S(N)(=O)=O)cc2)n1. The zero-order valence-electron chi connectivity index (χ0n) is 14.8. The number of primary sulfonamides is 1. The van der Waals surface area contributed by atoms with Crippen LogP contribution in [0.25, 0.3) is 0 Å². The molecular formula is C18H20N4O3S2. The Bertz CT molecular complexity index is 952. The van der Waals surface area contributed by atoms with E-state index in [4.69, 9.17) is 5.14 Å². The van der Waals surface area contributed by atoms with Gasteiger partial charge in [0.05, 0.1) is 10.5 Å². The molecule has 0 atom stereocenters. The Morgan fingerprint density at radius 2 is 1.96 bits per heavy atom. The number of nitriles is 1. The minimum atomic E-state index is -3.76. The van der Waals surface area contributed by atoms with E-state index < -0.39 is 10.0 Å². The van der Waals surface area contributed by atoms with Gasteiger partial charge in [0.1, 0.15) is 11.1 Å².